The molecule has 0 atom stereocenters. The van der Waals surface area contributed by atoms with E-state index in [9.17, 15) is 0 Å². The van der Waals surface area contributed by atoms with Crippen molar-refractivity contribution in [3.05, 3.63) is 53.9 Å². The van der Waals surface area contributed by atoms with Crippen LogP contribution in [-0.4, -0.2) is 10.2 Å². The number of nitrogens with zero attached hydrogens (tertiary/aromatic N) is 2. The molecule has 24 heavy (non-hydrogen) atoms. The molecule has 0 amide bonds. The molecule has 1 heterocycles. The minimum absolute atomic E-state index is 1.01. The van der Waals surface area contributed by atoms with Crippen LogP contribution in [0.15, 0.2) is 37.1 Å². The second kappa shape index (κ2) is 17.7. The molecule has 0 aliphatic rings. The third-order valence-electron chi connectivity index (χ3n) is 3.26. The van der Waals surface area contributed by atoms with Crippen LogP contribution in [0.4, 0.5) is 0 Å². The van der Waals surface area contributed by atoms with Crippen LogP contribution >= 0.6 is 0 Å². The Balaban J connectivity index is 0. The standard InChI is InChI=1S/C18H26N2.2C2H6/c1-5-9-13-16-14-19-20-18(17(16)12-8-4)15(10-6-2)11-7-3;2*1-2/h6-7,10-11,14H,2,5,8-9,12-13H2,1,3-4H3;2*1-2H3/b11-7-,15-10+;;. The lowest BCUT2D eigenvalue weighted by Gasteiger charge is -2.13. The molecule has 0 N–H and O–H groups in total. The van der Waals surface area contributed by atoms with Gasteiger partial charge in [0.05, 0.1) is 11.9 Å². The fourth-order valence-electron chi connectivity index (χ4n) is 2.31. The first-order chi connectivity index (χ1) is 11.8. The molecule has 0 radical (unpaired) electrons. The van der Waals surface area contributed by atoms with Crippen LogP contribution in [0.1, 0.15) is 84.5 Å². The highest BCUT2D eigenvalue weighted by Gasteiger charge is 2.12. The molecule has 1 rings (SSSR count). The molecule has 2 nitrogen and oxygen atoms in total. The average Bonchev–Trinajstić information content (AvgIpc) is 2.64. The summed E-state index contributed by atoms with van der Waals surface area (Å²) in [6, 6.07) is 0. The SMILES string of the molecule is C=C/C=C(\C=C/C)c1nncc(CCCC)c1CCC.CC.CC. The zero-order valence-corrected chi connectivity index (χ0v) is 17.0. The van der Waals surface area contributed by atoms with E-state index in [1.807, 2.05) is 59.0 Å². The van der Waals surface area contributed by atoms with Gasteiger partial charge in [-0.05, 0) is 37.3 Å². The highest BCUT2D eigenvalue weighted by Crippen LogP contribution is 2.23. The largest absolute Gasteiger partial charge is 0.158 e. The molecular formula is C22H38N2. The van der Waals surface area contributed by atoms with Crippen molar-refractivity contribution < 1.29 is 0 Å². The van der Waals surface area contributed by atoms with E-state index in [0.29, 0.717) is 0 Å². The van der Waals surface area contributed by atoms with Crippen LogP contribution < -0.4 is 0 Å². The van der Waals surface area contributed by atoms with Gasteiger partial charge < -0.3 is 0 Å². The van der Waals surface area contributed by atoms with Crippen molar-refractivity contribution in [2.24, 2.45) is 0 Å². The van der Waals surface area contributed by atoms with Crippen molar-refractivity contribution in [3.8, 4) is 0 Å². The van der Waals surface area contributed by atoms with Gasteiger partial charge in [0.2, 0.25) is 0 Å². The highest BCUT2D eigenvalue weighted by atomic mass is 15.1. The number of rotatable bonds is 8. The first-order valence-corrected chi connectivity index (χ1v) is 9.57. The summed E-state index contributed by atoms with van der Waals surface area (Å²) >= 11 is 0. The Labute approximate surface area is 150 Å². The summed E-state index contributed by atoms with van der Waals surface area (Å²) < 4.78 is 0. The van der Waals surface area contributed by atoms with Gasteiger partial charge in [-0.2, -0.15) is 10.2 Å². The van der Waals surface area contributed by atoms with Crippen molar-refractivity contribution in [3.63, 3.8) is 0 Å². The molecule has 1 aromatic rings. The van der Waals surface area contributed by atoms with Gasteiger partial charge in [0, 0.05) is 5.57 Å². The summed E-state index contributed by atoms with van der Waals surface area (Å²) in [7, 11) is 0. The second-order valence-corrected chi connectivity index (χ2v) is 4.91. The molecule has 0 saturated heterocycles. The minimum Gasteiger partial charge on any atom is -0.158 e. The Morgan fingerprint density at radius 2 is 1.75 bits per heavy atom. The maximum Gasteiger partial charge on any atom is 0.0964 e. The van der Waals surface area contributed by atoms with Gasteiger partial charge in [-0.3, -0.25) is 0 Å². The van der Waals surface area contributed by atoms with Crippen LogP contribution in [0.5, 0.6) is 0 Å². The number of aromatic nitrogens is 2. The summed E-state index contributed by atoms with van der Waals surface area (Å²) in [5.41, 5.74) is 4.80. The second-order valence-electron chi connectivity index (χ2n) is 4.91. The van der Waals surface area contributed by atoms with Crippen molar-refractivity contribution in [1.29, 1.82) is 0 Å². The maximum atomic E-state index is 4.39. The molecule has 0 unspecified atom stereocenters. The smallest absolute Gasteiger partial charge is 0.0964 e. The van der Waals surface area contributed by atoms with E-state index < -0.39 is 0 Å². The number of hydrogen-bond acceptors (Lipinski definition) is 2. The lowest BCUT2D eigenvalue weighted by atomic mass is 9.95. The van der Waals surface area contributed by atoms with E-state index in [-0.39, 0.29) is 0 Å². The van der Waals surface area contributed by atoms with Crippen LogP contribution in [-0.2, 0) is 12.8 Å². The van der Waals surface area contributed by atoms with E-state index >= 15 is 0 Å². The topological polar surface area (TPSA) is 25.8 Å². The summed E-state index contributed by atoms with van der Waals surface area (Å²) in [5, 5.41) is 8.59. The molecule has 0 fully saturated rings. The van der Waals surface area contributed by atoms with Gasteiger partial charge >= 0.3 is 0 Å². The summed E-state index contributed by atoms with van der Waals surface area (Å²) in [5.74, 6) is 0. The fourth-order valence-corrected chi connectivity index (χ4v) is 2.31. The molecule has 0 bridgehead atoms. The van der Waals surface area contributed by atoms with Gasteiger partial charge in [0.25, 0.3) is 0 Å². The quantitative estimate of drug-likeness (QED) is 0.481. The van der Waals surface area contributed by atoms with E-state index in [2.05, 4.69) is 36.7 Å². The van der Waals surface area contributed by atoms with Gasteiger partial charge in [0.1, 0.15) is 0 Å². The van der Waals surface area contributed by atoms with Crippen molar-refractivity contribution in [2.75, 3.05) is 0 Å². The van der Waals surface area contributed by atoms with Crippen molar-refractivity contribution in [1.82, 2.24) is 10.2 Å². The average molecular weight is 331 g/mol. The van der Waals surface area contributed by atoms with Crippen LogP contribution in [0.25, 0.3) is 5.57 Å². The molecule has 1 aromatic heterocycles. The zero-order chi connectivity index (χ0) is 18.8. The Bertz CT molecular complexity index is 485. The molecular weight excluding hydrogens is 292 g/mol. The maximum absolute atomic E-state index is 4.39. The van der Waals surface area contributed by atoms with Crippen LogP contribution in [0, 0.1) is 0 Å². The number of allylic oxidation sites excluding steroid dienone is 5. The zero-order valence-electron chi connectivity index (χ0n) is 17.0. The molecule has 0 aliphatic heterocycles. The summed E-state index contributed by atoms with van der Waals surface area (Å²) in [4.78, 5) is 0. The molecule has 0 aromatic carbocycles. The lowest BCUT2D eigenvalue weighted by molar-refractivity contribution is 0.764. The normalized spacial score (nSPS) is 10.5. The van der Waals surface area contributed by atoms with E-state index in [1.165, 1.54) is 24.0 Å². The first kappa shape index (κ1) is 24.6. The van der Waals surface area contributed by atoms with E-state index in [4.69, 9.17) is 0 Å². The molecule has 0 saturated carbocycles. The Morgan fingerprint density at radius 3 is 2.25 bits per heavy atom. The fraction of sp³-hybridized carbons (Fsp3) is 0.545. The number of unbranched alkanes of at least 4 members (excludes halogenated alkanes) is 1. The van der Waals surface area contributed by atoms with Crippen molar-refractivity contribution in [2.45, 2.75) is 80.6 Å². The molecule has 136 valence electrons. The Hall–Kier alpha value is -1.70. The van der Waals surface area contributed by atoms with Crippen molar-refractivity contribution >= 4 is 5.57 Å². The van der Waals surface area contributed by atoms with Gasteiger partial charge in [-0.15, -0.1) is 0 Å². The monoisotopic (exact) mass is 330 g/mol. The molecule has 0 spiro atoms. The predicted molar refractivity (Wildman–Crippen MR) is 110 cm³/mol. The van der Waals surface area contributed by atoms with Gasteiger partial charge in [-0.25, -0.2) is 0 Å². The van der Waals surface area contributed by atoms with Gasteiger partial charge in [-0.1, -0.05) is 85.3 Å². The van der Waals surface area contributed by atoms with Gasteiger partial charge in [0.15, 0.2) is 0 Å². The van der Waals surface area contributed by atoms with Crippen LogP contribution in [0.3, 0.4) is 0 Å². The highest BCUT2D eigenvalue weighted by molar-refractivity contribution is 5.75. The third kappa shape index (κ3) is 8.81. The molecule has 0 aliphatic carbocycles. The summed E-state index contributed by atoms with van der Waals surface area (Å²) in [6.45, 7) is 18.2. The third-order valence-corrected chi connectivity index (χ3v) is 3.26. The Morgan fingerprint density at radius 1 is 1.08 bits per heavy atom. The minimum atomic E-state index is 1.01. The van der Waals surface area contributed by atoms with Crippen LogP contribution in [0.2, 0.25) is 0 Å². The summed E-state index contributed by atoms with van der Waals surface area (Å²) in [6.07, 6.45) is 15.5. The predicted octanol–water partition coefficient (Wildman–Crippen LogP) is 6.97. The Kier molecular flexibility index (Phi) is 18.1. The lowest BCUT2D eigenvalue weighted by Crippen LogP contribution is -2.04. The van der Waals surface area contributed by atoms with E-state index in [1.54, 1.807) is 0 Å². The first-order valence-electron chi connectivity index (χ1n) is 9.57. The number of hydrogen-bond donors (Lipinski definition) is 0. The van der Waals surface area contributed by atoms with E-state index in [0.717, 1.165) is 30.5 Å². The molecule has 2 heteroatoms. The number of aryl methyl sites for hydroxylation is 1.